The number of hydrogen-bond donors (Lipinski definition) is 1. The second-order valence-electron chi connectivity index (χ2n) is 9.93. The zero-order valence-electron chi connectivity index (χ0n) is 22.9. The van der Waals surface area contributed by atoms with Gasteiger partial charge in [0, 0.05) is 62.7 Å². The molecule has 0 aliphatic carbocycles. The van der Waals surface area contributed by atoms with E-state index in [0.717, 1.165) is 39.3 Å². The van der Waals surface area contributed by atoms with E-state index in [1.165, 1.54) is 6.20 Å². The fourth-order valence-corrected chi connectivity index (χ4v) is 6.04. The molecule has 1 aliphatic heterocycles. The number of carbonyl (C=O) groups excluding carboxylic acids is 2. The van der Waals surface area contributed by atoms with Gasteiger partial charge < -0.3 is 19.7 Å². The van der Waals surface area contributed by atoms with Crippen LogP contribution in [0.15, 0.2) is 66.6 Å². The van der Waals surface area contributed by atoms with Crippen molar-refractivity contribution in [2.75, 3.05) is 37.6 Å². The minimum absolute atomic E-state index is 0.00581. The maximum atomic E-state index is 14.0. The Hall–Kier alpha value is -4.64. The highest BCUT2D eigenvalue weighted by atomic mass is 32.1. The summed E-state index contributed by atoms with van der Waals surface area (Å²) < 4.78 is 2.00. The number of hydrogen-bond acceptors (Lipinski definition) is 8. The van der Waals surface area contributed by atoms with E-state index >= 15 is 0 Å². The topological polar surface area (TPSA) is 109 Å². The second-order valence-corrected chi connectivity index (χ2v) is 10.9. The van der Waals surface area contributed by atoms with E-state index in [4.69, 9.17) is 0 Å². The number of aromatic nitrogens is 5. The first-order valence-corrected chi connectivity index (χ1v) is 14.4. The molecule has 1 fully saturated rings. The maximum absolute atomic E-state index is 14.0. The van der Waals surface area contributed by atoms with Crippen molar-refractivity contribution in [3.63, 3.8) is 0 Å². The lowest BCUT2D eigenvalue weighted by molar-refractivity contribution is 0.0748. The zero-order chi connectivity index (χ0) is 28.3. The van der Waals surface area contributed by atoms with Crippen LogP contribution in [0.5, 0.6) is 0 Å². The average molecular weight is 567 g/mol. The first kappa shape index (κ1) is 26.6. The van der Waals surface area contributed by atoms with Crippen molar-refractivity contribution in [2.45, 2.75) is 13.3 Å². The molecule has 0 bridgehead atoms. The maximum Gasteiger partial charge on any atom is 0.271 e. The van der Waals surface area contributed by atoms with Crippen molar-refractivity contribution in [3.8, 4) is 11.3 Å². The van der Waals surface area contributed by atoms with E-state index in [9.17, 15) is 9.59 Å². The summed E-state index contributed by atoms with van der Waals surface area (Å²) in [5.41, 5.74) is 6.40. The lowest BCUT2D eigenvalue weighted by Gasteiger charge is -2.35. The van der Waals surface area contributed by atoms with Crippen LogP contribution in [0.3, 0.4) is 0 Å². The molecule has 2 amide bonds. The summed E-state index contributed by atoms with van der Waals surface area (Å²) >= 11 is 1.59. The number of benzene rings is 1. The number of aryl methyl sites for hydroxylation is 2. The van der Waals surface area contributed by atoms with Gasteiger partial charge in [-0.05, 0) is 24.6 Å². The van der Waals surface area contributed by atoms with Gasteiger partial charge in [-0.15, -0.1) is 11.3 Å². The van der Waals surface area contributed by atoms with Gasteiger partial charge in [0.25, 0.3) is 11.8 Å². The monoisotopic (exact) mass is 566 g/mol. The standard InChI is InChI=1S/C30H30N8O2S/c1-20-24(41-19-35-20)10-12-32-29(39)23-17-34-25(18-33-23)37-13-15-38(16-14-37)30(40)26-22-9-6-11-31-28(22)36(2)27(26)21-7-4-3-5-8-21/h3-9,11,17-19H,10,12-16H2,1-2H3,(H,32,39). The number of carbonyl (C=O) groups is 2. The molecule has 10 nitrogen and oxygen atoms in total. The molecule has 0 atom stereocenters. The van der Waals surface area contributed by atoms with Crippen molar-refractivity contribution >= 4 is 40.0 Å². The molecule has 11 heteroatoms. The van der Waals surface area contributed by atoms with Crippen LogP contribution >= 0.6 is 11.3 Å². The first-order chi connectivity index (χ1) is 20.0. The molecule has 4 aromatic heterocycles. The van der Waals surface area contributed by atoms with Crippen LogP contribution < -0.4 is 10.2 Å². The Kier molecular flexibility index (Phi) is 7.43. The highest BCUT2D eigenvalue weighted by Gasteiger charge is 2.29. The summed E-state index contributed by atoms with van der Waals surface area (Å²) in [7, 11) is 1.96. The Morgan fingerprint density at radius 2 is 1.76 bits per heavy atom. The molecule has 1 N–H and O–H groups in total. The molecule has 1 aliphatic rings. The van der Waals surface area contributed by atoms with E-state index < -0.39 is 0 Å². The molecule has 0 unspecified atom stereocenters. The zero-order valence-corrected chi connectivity index (χ0v) is 23.8. The van der Waals surface area contributed by atoms with Crippen molar-refractivity contribution in [1.82, 2.24) is 34.7 Å². The average Bonchev–Trinajstić information content (AvgIpc) is 3.57. The molecule has 0 spiro atoms. The minimum atomic E-state index is -0.250. The van der Waals surface area contributed by atoms with Gasteiger partial charge in [0.2, 0.25) is 0 Å². The third kappa shape index (κ3) is 5.28. The summed E-state index contributed by atoms with van der Waals surface area (Å²) in [6.07, 6.45) is 5.63. The van der Waals surface area contributed by atoms with E-state index in [1.54, 1.807) is 23.7 Å². The number of rotatable bonds is 7. The Morgan fingerprint density at radius 3 is 2.46 bits per heavy atom. The number of piperazine rings is 1. The number of nitrogens with one attached hydrogen (secondary N) is 1. The fraction of sp³-hybridized carbons (Fsp3) is 0.267. The molecular weight excluding hydrogens is 536 g/mol. The summed E-state index contributed by atoms with van der Waals surface area (Å²) in [6.45, 7) is 4.81. The number of nitrogens with zero attached hydrogens (tertiary/aromatic N) is 7. The number of amides is 2. The summed E-state index contributed by atoms with van der Waals surface area (Å²) in [6, 6.07) is 13.8. The summed E-state index contributed by atoms with van der Waals surface area (Å²) in [5.74, 6) is 0.433. The van der Waals surface area contributed by atoms with Crippen molar-refractivity contribution in [2.24, 2.45) is 7.05 Å². The Morgan fingerprint density at radius 1 is 0.951 bits per heavy atom. The molecular formula is C30H30N8O2S. The summed E-state index contributed by atoms with van der Waals surface area (Å²) in [4.78, 5) is 49.3. The van der Waals surface area contributed by atoms with Gasteiger partial charge in [-0.25, -0.2) is 19.9 Å². The number of pyridine rings is 1. The SMILES string of the molecule is Cc1ncsc1CCNC(=O)c1cnc(N2CCN(C(=O)c3c(-c4ccccc4)n(C)c4ncccc34)CC2)cn1. The van der Waals surface area contributed by atoms with Crippen LogP contribution in [-0.2, 0) is 13.5 Å². The molecule has 5 aromatic rings. The highest BCUT2D eigenvalue weighted by Crippen LogP contribution is 2.33. The second kappa shape index (κ2) is 11.5. The van der Waals surface area contributed by atoms with Crippen LogP contribution in [0.25, 0.3) is 22.3 Å². The normalized spacial score (nSPS) is 13.5. The predicted molar refractivity (Wildman–Crippen MR) is 159 cm³/mol. The third-order valence-corrected chi connectivity index (χ3v) is 8.45. The van der Waals surface area contributed by atoms with E-state index in [1.807, 2.05) is 71.4 Å². The molecule has 1 aromatic carbocycles. The van der Waals surface area contributed by atoms with Gasteiger partial charge in [-0.2, -0.15) is 0 Å². The third-order valence-electron chi connectivity index (χ3n) is 7.45. The summed E-state index contributed by atoms with van der Waals surface area (Å²) in [5, 5.41) is 3.75. The quantitative estimate of drug-likeness (QED) is 0.320. The lowest BCUT2D eigenvalue weighted by atomic mass is 10.0. The van der Waals surface area contributed by atoms with Gasteiger partial charge in [-0.1, -0.05) is 30.3 Å². The van der Waals surface area contributed by atoms with E-state index in [2.05, 4.69) is 30.2 Å². The molecule has 0 saturated carbocycles. The Balaban J connectivity index is 1.11. The van der Waals surface area contributed by atoms with Gasteiger partial charge in [0.1, 0.15) is 17.2 Å². The van der Waals surface area contributed by atoms with Crippen LogP contribution in [0.2, 0.25) is 0 Å². The fourth-order valence-electron chi connectivity index (χ4n) is 5.26. The lowest BCUT2D eigenvalue weighted by Crippen LogP contribution is -2.49. The number of fused-ring (bicyclic) bond motifs is 1. The predicted octanol–water partition coefficient (Wildman–Crippen LogP) is 3.73. The smallest absolute Gasteiger partial charge is 0.271 e. The van der Waals surface area contributed by atoms with Gasteiger partial charge in [-0.3, -0.25) is 9.59 Å². The first-order valence-electron chi connectivity index (χ1n) is 13.5. The van der Waals surface area contributed by atoms with Crippen LogP contribution in [0.1, 0.15) is 31.4 Å². The van der Waals surface area contributed by atoms with Crippen LogP contribution in [0.4, 0.5) is 5.82 Å². The number of thiazole rings is 1. The van der Waals surface area contributed by atoms with Crippen LogP contribution in [-0.4, -0.2) is 73.9 Å². The Labute approximate surface area is 241 Å². The molecule has 1 saturated heterocycles. The minimum Gasteiger partial charge on any atom is -0.352 e. The number of anilines is 1. The molecule has 6 rings (SSSR count). The van der Waals surface area contributed by atoms with E-state index in [0.29, 0.717) is 44.1 Å². The molecule has 0 radical (unpaired) electrons. The van der Waals surface area contributed by atoms with Gasteiger partial charge in [0.05, 0.1) is 34.9 Å². The molecule has 41 heavy (non-hydrogen) atoms. The van der Waals surface area contributed by atoms with Crippen molar-refractivity contribution in [1.29, 1.82) is 0 Å². The van der Waals surface area contributed by atoms with E-state index in [-0.39, 0.29) is 17.5 Å². The Bertz CT molecular complexity index is 1690. The van der Waals surface area contributed by atoms with Gasteiger partial charge in [0.15, 0.2) is 0 Å². The largest absolute Gasteiger partial charge is 0.352 e. The highest BCUT2D eigenvalue weighted by molar-refractivity contribution is 7.09. The van der Waals surface area contributed by atoms with Crippen LogP contribution in [0, 0.1) is 6.92 Å². The van der Waals surface area contributed by atoms with Crippen molar-refractivity contribution in [3.05, 3.63) is 88.4 Å². The molecule has 5 heterocycles. The van der Waals surface area contributed by atoms with Gasteiger partial charge >= 0.3 is 0 Å². The van der Waals surface area contributed by atoms with Crippen molar-refractivity contribution < 1.29 is 9.59 Å². The molecule has 208 valence electrons.